The molecule has 0 unspecified atom stereocenters. The van der Waals surface area contributed by atoms with Gasteiger partial charge < -0.3 is 28.7 Å². The Hall–Kier alpha value is -0.240. The zero-order chi connectivity index (χ0) is 28.9. The molecule has 236 valence electrons. The molecule has 0 aromatic heterocycles. The lowest BCUT2D eigenvalue weighted by Crippen LogP contribution is -2.43. The summed E-state index contributed by atoms with van der Waals surface area (Å²) in [5, 5.41) is 0. The van der Waals surface area contributed by atoms with Crippen LogP contribution in [-0.4, -0.2) is 104 Å². The van der Waals surface area contributed by atoms with Crippen molar-refractivity contribution in [1.82, 2.24) is 9.80 Å². The van der Waals surface area contributed by atoms with Crippen LogP contribution in [0.5, 0.6) is 0 Å². The number of nitrogens with zero attached hydrogens (tertiary/aromatic N) is 2. The predicted octanol–water partition coefficient (Wildman–Crippen LogP) is 7.44. The van der Waals surface area contributed by atoms with E-state index in [-0.39, 0.29) is 5.41 Å². The molecule has 0 aromatic carbocycles. The van der Waals surface area contributed by atoms with E-state index in [0.29, 0.717) is 39.6 Å². The van der Waals surface area contributed by atoms with Gasteiger partial charge in [0.2, 0.25) is 0 Å². The van der Waals surface area contributed by atoms with Gasteiger partial charge in [0.1, 0.15) is 0 Å². The Labute approximate surface area is 244 Å². The molecule has 6 heteroatoms. The maximum atomic E-state index is 6.28. The first-order chi connectivity index (χ1) is 19.0. The second-order valence-electron chi connectivity index (χ2n) is 12.3. The van der Waals surface area contributed by atoms with Gasteiger partial charge in [-0.3, -0.25) is 0 Å². The largest absolute Gasteiger partial charge is 0.381 e. The molecule has 0 aliphatic heterocycles. The van der Waals surface area contributed by atoms with Crippen LogP contribution in [0, 0.1) is 5.41 Å². The third-order valence-electron chi connectivity index (χ3n) is 7.28. The summed E-state index contributed by atoms with van der Waals surface area (Å²) in [5.74, 6) is 0. The van der Waals surface area contributed by atoms with Crippen molar-refractivity contribution in [3.63, 3.8) is 0 Å². The molecule has 0 spiro atoms. The van der Waals surface area contributed by atoms with Crippen molar-refractivity contribution in [2.45, 2.75) is 117 Å². The average Bonchev–Trinajstić information content (AvgIpc) is 2.91. The van der Waals surface area contributed by atoms with Crippen LogP contribution >= 0.6 is 0 Å². The van der Waals surface area contributed by atoms with Gasteiger partial charge in [-0.25, -0.2) is 0 Å². The lowest BCUT2D eigenvalue weighted by atomic mass is 9.92. The van der Waals surface area contributed by atoms with Crippen LogP contribution in [0.4, 0.5) is 0 Å². The van der Waals surface area contributed by atoms with E-state index in [9.17, 15) is 0 Å². The molecule has 6 nitrogen and oxygen atoms in total. The van der Waals surface area contributed by atoms with Crippen LogP contribution in [0.2, 0.25) is 0 Å². The highest BCUT2D eigenvalue weighted by Gasteiger charge is 2.32. The fourth-order valence-electron chi connectivity index (χ4n) is 4.57. The molecule has 0 aromatic rings. The molecule has 0 aliphatic rings. The van der Waals surface area contributed by atoms with Crippen molar-refractivity contribution in [2.75, 3.05) is 94.1 Å². The summed E-state index contributed by atoms with van der Waals surface area (Å²) in [4.78, 5) is 4.32. The van der Waals surface area contributed by atoms with Gasteiger partial charge in [-0.05, 0) is 41.0 Å². The molecule has 0 amide bonds. The first kappa shape index (κ1) is 38.8. The number of rotatable bonds is 32. The molecule has 0 heterocycles. The molecule has 0 radical (unpaired) electrons. The highest BCUT2D eigenvalue weighted by atomic mass is 16.5. The van der Waals surface area contributed by atoms with E-state index in [1.807, 2.05) is 0 Å². The minimum Gasteiger partial charge on any atom is -0.381 e. The maximum absolute atomic E-state index is 6.28. The molecule has 0 aliphatic carbocycles. The van der Waals surface area contributed by atoms with Gasteiger partial charge in [0, 0.05) is 26.3 Å². The van der Waals surface area contributed by atoms with Gasteiger partial charge in [-0.1, -0.05) is 104 Å². The molecule has 0 rings (SSSR count). The molecule has 39 heavy (non-hydrogen) atoms. The minimum atomic E-state index is -0.265. The molecule has 0 saturated heterocycles. The van der Waals surface area contributed by atoms with E-state index in [4.69, 9.17) is 18.9 Å². The second kappa shape index (κ2) is 29.3. The summed E-state index contributed by atoms with van der Waals surface area (Å²) in [5.41, 5.74) is -0.265. The highest BCUT2D eigenvalue weighted by Crippen LogP contribution is 2.22. The van der Waals surface area contributed by atoms with Crippen molar-refractivity contribution < 1.29 is 18.9 Å². The van der Waals surface area contributed by atoms with Gasteiger partial charge in [-0.15, -0.1) is 0 Å². The lowest BCUT2D eigenvalue weighted by molar-refractivity contribution is -0.108. The Balaban J connectivity index is 4.67. The Morgan fingerprint density at radius 1 is 0.385 bits per heavy atom. The van der Waals surface area contributed by atoms with Crippen molar-refractivity contribution in [3.05, 3.63) is 0 Å². The fraction of sp³-hybridized carbons (Fsp3) is 1.00. The van der Waals surface area contributed by atoms with Crippen molar-refractivity contribution in [2.24, 2.45) is 5.41 Å². The van der Waals surface area contributed by atoms with E-state index >= 15 is 0 Å². The van der Waals surface area contributed by atoms with Gasteiger partial charge in [-0.2, -0.15) is 0 Å². The van der Waals surface area contributed by atoms with Crippen molar-refractivity contribution in [3.8, 4) is 0 Å². The Morgan fingerprint density at radius 2 is 0.667 bits per heavy atom. The van der Waals surface area contributed by atoms with Crippen molar-refractivity contribution >= 4 is 0 Å². The van der Waals surface area contributed by atoms with Crippen LogP contribution in [-0.2, 0) is 18.9 Å². The monoisotopic (exact) mass is 559 g/mol. The normalized spacial score (nSPS) is 12.3. The van der Waals surface area contributed by atoms with E-state index in [1.54, 1.807) is 0 Å². The summed E-state index contributed by atoms with van der Waals surface area (Å²) in [6.07, 6.45) is 21.0. The third-order valence-corrected chi connectivity index (χ3v) is 7.28. The maximum Gasteiger partial charge on any atom is 0.0637 e. The first-order valence-corrected chi connectivity index (χ1v) is 16.6. The quantitative estimate of drug-likeness (QED) is 0.0799. The zero-order valence-electron chi connectivity index (χ0n) is 27.4. The average molecular weight is 559 g/mol. The van der Waals surface area contributed by atoms with E-state index < -0.39 is 0 Å². The number of likely N-dealkylation sites (N-methyl/N-ethyl adjacent to an activating group) is 2. The standard InChI is InChI=1S/C33H70N2O4/c1-7-9-11-13-15-17-19-21-25-36-29-33(31-38-27-23-34(3)4,32-39-28-24-35(5)6)30-37-26-22-20-18-16-14-12-10-8-2/h7-32H2,1-6H3. The third kappa shape index (κ3) is 27.7. The Bertz CT molecular complexity index is 435. The molecule has 0 N–H and O–H groups in total. The van der Waals surface area contributed by atoms with Gasteiger partial charge in [0.05, 0.1) is 45.1 Å². The SMILES string of the molecule is CCCCCCCCCCOCC(COCCCCCCCCCC)(COCCN(C)C)COCCN(C)C. The molecular weight excluding hydrogens is 488 g/mol. The molecule has 0 saturated carbocycles. The van der Waals surface area contributed by atoms with Gasteiger partial charge >= 0.3 is 0 Å². The van der Waals surface area contributed by atoms with Gasteiger partial charge in [0.25, 0.3) is 0 Å². The summed E-state index contributed by atoms with van der Waals surface area (Å²) in [6, 6.07) is 0. The van der Waals surface area contributed by atoms with Crippen LogP contribution < -0.4 is 0 Å². The summed E-state index contributed by atoms with van der Waals surface area (Å²) in [6.45, 7) is 11.9. The Kier molecular flexibility index (Phi) is 29.1. The predicted molar refractivity (Wildman–Crippen MR) is 168 cm³/mol. The van der Waals surface area contributed by atoms with Crippen LogP contribution in [0.15, 0.2) is 0 Å². The Morgan fingerprint density at radius 3 is 0.974 bits per heavy atom. The van der Waals surface area contributed by atoms with Crippen LogP contribution in [0.25, 0.3) is 0 Å². The van der Waals surface area contributed by atoms with E-state index in [2.05, 4.69) is 51.8 Å². The molecule has 0 fully saturated rings. The number of ether oxygens (including phenoxy) is 4. The van der Waals surface area contributed by atoms with Crippen LogP contribution in [0.1, 0.15) is 117 Å². The number of hydrogen-bond donors (Lipinski definition) is 0. The first-order valence-electron chi connectivity index (χ1n) is 16.6. The summed E-state index contributed by atoms with van der Waals surface area (Å²) < 4.78 is 24.9. The number of unbranched alkanes of at least 4 members (excludes halogenated alkanes) is 14. The van der Waals surface area contributed by atoms with Crippen molar-refractivity contribution in [1.29, 1.82) is 0 Å². The smallest absolute Gasteiger partial charge is 0.0637 e. The zero-order valence-corrected chi connectivity index (χ0v) is 27.4. The molecule has 0 bridgehead atoms. The molecular formula is C33H70N2O4. The minimum absolute atomic E-state index is 0.265. The van der Waals surface area contributed by atoms with E-state index in [0.717, 1.165) is 39.1 Å². The lowest BCUT2D eigenvalue weighted by Gasteiger charge is -2.33. The fourth-order valence-corrected chi connectivity index (χ4v) is 4.57. The second-order valence-corrected chi connectivity index (χ2v) is 12.3. The summed E-state index contributed by atoms with van der Waals surface area (Å²) >= 11 is 0. The molecule has 0 atom stereocenters. The highest BCUT2D eigenvalue weighted by molar-refractivity contribution is 4.80. The van der Waals surface area contributed by atoms with E-state index in [1.165, 1.54) is 89.9 Å². The number of hydrogen-bond acceptors (Lipinski definition) is 6. The topological polar surface area (TPSA) is 43.4 Å². The summed E-state index contributed by atoms with van der Waals surface area (Å²) in [7, 11) is 8.34. The van der Waals surface area contributed by atoms with Crippen LogP contribution in [0.3, 0.4) is 0 Å². The van der Waals surface area contributed by atoms with Gasteiger partial charge in [0.15, 0.2) is 0 Å².